The normalized spacial score (nSPS) is 10.4. The Morgan fingerprint density at radius 1 is 1.10 bits per heavy atom. The molecule has 0 radical (unpaired) electrons. The molecule has 3 aromatic carbocycles. The number of methoxy groups -OCH3 is 1. The van der Waals surface area contributed by atoms with Gasteiger partial charge in [-0.25, -0.2) is 0 Å². The van der Waals surface area contributed by atoms with Crippen molar-refractivity contribution in [2.75, 3.05) is 19.0 Å². The molecule has 0 spiro atoms. The van der Waals surface area contributed by atoms with Gasteiger partial charge in [0, 0.05) is 17.7 Å². The molecule has 7 nitrogen and oxygen atoms in total. The number of aryl methyl sites for hydroxylation is 1. The number of amides is 1. The lowest BCUT2D eigenvalue weighted by molar-refractivity contribution is -0.384. The molecule has 0 heterocycles. The maximum atomic E-state index is 12.3. The minimum atomic E-state index is -0.483. The summed E-state index contributed by atoms with van der Waals surface area (Å²) in [5, 5.41) is 14.3. The van der Waals surface area contributed by atoms with Crippen LogP contribution in [0.25, 0.3) is 11.1 Å². The number of nitrogens with one attached hydrogen (secondary N) is 1. The second-order valence-electron chi connectivity index (χ2n) is 6.49. The van der Waals surface area contributed by atoms with Crippen molar-refractivity contribution >= 4 is 28.9 Å². The predicted octanol–water partition coefficient (Wildman–Crippen LogP) is 5.25. The molecule has 3 rings (SSSR count). The molecular weight excluding hydrogens is 408 g/mol. The van der Waals surface area contributed by atoms with E-state index < -0.39 is 10.8 Å². The molecule has 154 valence electrons. The number of non-ortho nitro benzene ring substituents is 1. The number of nitro benzene ring substituents is 1. The van der Waals surface area contributed by atoms with Crippen molar-refractivity contribution < 1.29 is 19.2 Å². The van der Waals surface area contributed by atoms with E-state index in [9.17, 15) is 14.9 Å². The van der Waals surface area contributed by atoms with Gasteiger partial charge in [-0.3, -0.25) is 14.9 Å². The maximum Gasteiger partial charge on any atom is 0.270 e. The van der Waals surface area contributed by atoms with Gasteiger partial charge in [0.1, 0.15) is 11.5 Å². The Morgan fingerprint density at radius 2 is 1.83 bits per heavy atom. The maximum absolute atomic E-state index is 12.3. The van der Waals surface area contributed by atoms with E-state index >= 15 is 0 Å². The predicted molar refractivity (Wildman–Crippen MR) is 115 cm³/mol. The van der Waals surface area contributed by atoms with Crippen molar-refractivity contribution in [3.8, 4) is 22.6 Å². The Balaban J connectivity index is 1.80. The monoisotopic (exact) mass is 426 g/mol. The number of nitrogens with zero attached hydrogens (tertiary/aromatic N) is 1. The fourth-order valence-corrected chi connectivity index (χ4v) is 3.09. The molecule has 3 aromatic rings. The second-order valence-corrected chi connectivity index (χ2v) is 6.89. The zero-order valence-corrected chi connectivity index (χ0v) is 17.1. The standard InChI is InChI=1S/C22H19ClN2O5/c1-14-3-9-20(19(23)11-14)24-22(26)13-30-21-10-6-16(25(27)28)12-18(21)15-4-7-17(29-2)8-5-15/h3-12H,13H2,1-2H3,(H,24,26). The van der Waals surface area contributed by atoms with Gasteiger partial charge in [0.25, 0.3) is 11.6 Å². The van der Waals surface area contributed by atoms with Gasteiger partial charge in [-0.1, -0.05) is 29.8 Å². The zero-order chi connectivity index (χ0) is 21.7. The molecule has 0 aliphatic carbocycles. The first-order chi connectivity index (χ1) is 14.4. The van der Waals surface area contributed by atoms with Gasteiger partial charge in [-0.05, 0) is 48.4 Å². The number of benzene rings is 3. The molecular formula is C22H19ClN2O5. The number of ether oxygens (including phenoxy) is 2. The van der Waals surface area contributed by atoms with Gasteiger partial charge < -0.3 is 14.8 Å². The molecule has 0 bridgehead atoms. The summed E-state index contributed by atoms with van der Waals surface area (Å²) in [6, 6.07) is 16.5. The van der Waals surface area contributed by atoms with Crippen molar-refractivity contribution in [2.24, 2.45) is 0 Å². The van der Waals surface area contributed by atoms with Gasteiger partial charge in [-0.15, -0.1) is 0 Å². The van der Waals surface area contributed by atoms with E-state index in [2.05, 4.69) is 5.32 Å². The minimum absolute atomic E-state index is 0.0796. The third kappa shape index (κ3) is 5.07. The Labute approximate surface area is 178 Å². The first kappa shape index (κ1) is 21.1. The minimum Gasteiger partial charge on any atom is -0.497 e. The van der Waals surface area contributed by atoms with Crippen LogP contribution in [0.15, 0.2) is 60.7 Å². The molecule has 1 N–H and O–H groups in total. The average molecular weight is 427 g/mol. The smallest absolute Gasteiger partial charge is 0.270 e. The number of hydrogen-bond donors (Lipinski definition) is 1. The highest BCUT2D eigenvalue weighted by molar-refractivity contribution is 6.33. The summed E-state index contributed by atoms with van der Waals surface area (Å²) >= 11 is 6.14. The molecule has 0 saturated carbocycles. The molecule has 0 fully saturated rings. The van der Waals surface area contributed by atoms with E-state index in [0.717, 1.165) is 5.56 Å². The van der Waals surface area contributed by atoms with Crippen LogP contribution < -0.4 is 14.8 Å². The lowest BCUT2D eigenvalue weighted by Crippen LogP contribution is -2.20. The second kappa shape index (κ2) is 9.28. The highest BCUT2D eigenvalue weighted by Gasteiger charge is 2.15. The molecule has 8 heteroatoms. The molecule has 0 unspecified atom stereocenters. The van der Waals surface area contributed by atoms with Crippen LogP contribution in [0.2, 0.25) is 5.02 Å². The molecule has 0 aliphatic heterocycles. The molecule has 0 aliphatic rings. The van der Waals surface area contributed by atoms with Gasteiger partial charge in [0.2, 0.25) is 0 Å². The van der Waals surface area contributed by atoms with Crippen LogP contribution in [0.4, 0.5) is 11.4 Å². The number of hydrogen-bond acceptors (Lipinski definition) is 5. The highest BCUT2D eigenvalue weighted by atomic mass is 35.5. The van der Waals surface area contributed by atoms with E-state index in [1.165, 1.54) is 18.2 Å². The molecule has 0 aromatic heterocycles. The van der Waals surface area contributed by atoms with Crippen molar-refractivity contribution in [3.63, 3.8) is 0 Å². The first-order valence-corrected chi connectivity index (χ1v) is 9.37. The van der Waals surface area contributed by atoms with Crippen LogP contribution in [-0.2, 0) is 4.79 Å². The summed E-state index contributed by atoms with van der Waals surface area (Å²) in [7, 11) is 1.55. The molecule has 0 saturated heterocycles. The van der Waals surface area contributed by atoms with E-state index in [-0.39, 0.29) is 12.3 Å². The van der Waals surface area contributed by atoms with Gasteiger partial charge in [0.15, 0.2) is 6.61 Å². The Bertz CT molecular complexity index is 1080. The number of carbonyl (C=O) groups is 1. The number of carbonyl (C=O) groups excluding carboxylic acids is 1. The Hall–Kier alpha value is -3.58. The number of rotatable bonds is 7. The van der Waals surface area contributed by atoms with Gasteiger partial charge in [0.05, 0.1) is 22.7 Å². The fraction of sp³-hybridized carbons (Fsp3) is 0.136. The van der Waals surface area contributed by atoms with Crippen molar-refractivity contribution in [2.45, 2.75) is 6.92 Å². The molecule has 1 amide bonds. The zero-order valence-electron chi connectivity index (χ0n) is 16.3. The number of halogens is 1. The summed E-state index contributed by atoms with van der Waals surface area (Å²) in [5.41, 5.74) is 2.56. The van der Waals surface area contributed by atoms with Crippen LogP contribution in [0.3, 0.4) is 0 Å². The lowest BCUT2D eigenvalue weighted by Gasteiger charge is -2.13. The summed E-state index contributed by atoms with van der Waals surface area (Å²) in [6.07, 6.45) is 0. The fourth-order valence-electron chi connectivity index (χ4n) is 2.80. The van der Waals surface area contributed by atoms with Crippen LogP contribution >= 0.6 is 11.6 Å². The summed E-state index contributed by atoms with van der Waals surface area (Å²) in [5.74, 6) is 0.594. The van der Waals surface area contributed by atoms with E-state index in [1.807, 2.05) is 13.0 Å². The van der Waals surface area contributed by atoms with Gasteiger partial charge in [-0.2, -0.15) is 0 Å². The summed E-state index contributed by atoms with van der Waals surface area (Å²) < 4.78 is 10.8. The quantitative estimate of drug-likeness (QED) is 0.411. The van der Waals surface area contributed by atoms with Crippen LogP contribution in [-0.4, -0.2) is 24.5 Å². The van der Waals surface area contributed by atoms with Crippen LogP contribution in [0.1, 0.15) is 5.56 Å². The third-order valence-electron chi connectivity index (χ3n) is 4.33. The summed E-state index contributed by atoms with van der Waals surface area (Å²) in [4.78, 5) is 23.0. The average Bonchev–Trinajstić information content (AvgIpc) is 2.74. The topological polar surface area (TPSA) is 90.7 Å². The SMILES string of the molecule is COc1ccc(-c2cc([N+](=O)[O-])ccc2OCC(=O)Nc2ccc(C)cc2Cl)cc1. The van der Waals surface area contributed by atoms with Crippen molar-refractivity contribution in [1.29, 1.82) is 0 Å². The van der Waals surface area contributed by atoms with Crippen LogP contribution in [0.5, 0.6) is 11.5 Å². The van der Waals surface area contributed by atoms with Crippen molar-refractivity contribution in [3.05, 3.63) is 81.4 Å². The van der Waals surface area contributed by atoms with Crippen LogP contribution in [0, 0.1) is 17.0 Å². The summed E-state index contributed by atoms with van der Waals surface area (Å²) in [6.45, 7) is 1.61. The van der Waals surface area contributed by atoms with Gasteiger partial charge >= 0.3 is 0 Å². The number of anilines is 1. The Kier molecular flexibility index (Phi) is 6.54. The van der Waals surface area contributed by atoms with E-state index in [1.54, 1.807) is 43.5 Å². The molecule has 30 heavy (non-hydrogen) atoms. The first-order valence-electron chi connectivity index (χ1n) is 8.99. The van der Waals surface area contributed by atoms with Crippen molar-refractivity contribution in [1.82, 2.24) is 0 Å². The third-order valence-corrected chi connectivity index (χ3v) is 4.65. The van der Waals surface area contributed by atoms with E-state index in [4.69, 9.17) is 21.1 Å². The highest BCUT2D eigenvalue weighted by Crippen LogP contribution is 2.34. The Morgan fingerprint density at radius 3 is 2.47 bits per heavy atom. The number of nitro groups is 1. The van der Waals surface area contributed by atoms with E-state index in [0.29, 0.717) is 33.3 Å². The lowest BCUT2D eigenvalue weighted by atomic mass is 10.0. The largest absolute Gasteiger partial charge is 0.497 e. The molecule has 0 atom stereocenters.